The SMILES string of the molecule is Cn1nc(C(F)(F)F)c(Cl)c1C(=O)NC1CCCNC1=O. The van der Waals surface area contributed by atoms with E-state index in [-0.39, 0.29) is 5.91 Å². The van der Waals surface area contributed by atoms with Gasteiger partial charge in [0.05, 0.1) is 0 Å². The largest absolute Gasteiger partial charge is 0.436 e. The summed E-state index contributed by atoms with van der Waals surface area (Å²) in [7, 11) is 1.18. The van der Waals surface area contributed by atoms with Crippen molar-refractivity contribution in [3.05, 3.63) is 16.4 Å². The van der Waals surface area contributed by atoms with Crippen molar-refractivity contribution in [1.29, 1.82) is 0 Å². The minimum absolute atomic E-state index is 0.371. The number of piperidine rings is 1. The third kappa shape index (κ3) is 3.12. The average molecular weight is 325 g/mol. The van der Waals surface area contributed by atoms with Crippen LogP contribution in [-0.2, 0) is 18.0 Å². The molecule has 116 valence electrons. The predicted octanol–water partition coefficient (Wildman–Crippen LogP) is 1.10. The van der Waals surface area contributed by atoms with Gasteiger partial charge >= 0.3 is 6.18 Å². The summed E-state index contributed by atoms with van der Waals surface area (Å²) in [6.45, 7) is 0.510. The Morgan fingerprint density at radius 3 is 2.71 bits per heavy atom. The quantitative estimate of drug-likeness (QED) is 0.855. The van der Waals surface area contributed by atoms with Crippen LogP contribution in [0.25, 0.3) is 0 Å². The smallest absolute Gasteiger partial charge is 0.354 e. The van der Waals surface area contributed by atoms with Gasteiger partial charge in [0.1, 0.15) is 16.8 Å². The summed E-state index contributed by atoms with van der Waals surface area (Å²) in [4.78, 5) is 23.6. The van der Waals surface area contributed by atoms with Gasteiger partial charge in [-0.2, -0.15) is 18.3 Å². The van der Waals surface area contributed by atoms with Crippen LogP contribution in [-0.4, -0.2) is 34.2 Å². The summed E-state index contributed by atoms with van der Waals surface area (Å²) in [5, 5.41) is 7.36. The molecule has 0 aliphatic carbocycles. The minimum atomic E-state index is -4.75. The Kier molecular flexibility index (Phi) is 4.13. The number of hydrogen-bond donors (Lipinski definition) is 2. The van der Waals surface area contributed by atoms with E-state index in [0.717, 1.165) is 4.68 Å². The third-order valence-corrected chi connectivity index (χ3v) is 3.42. The Hall–Kier alpha value is -1.77. The first-order valence-electron chi connectivity index (χ1n) is 6.10. The van der Waals surface area contributed by atoms with Gasteiger partial charge < -0.3 is 10.6 Å². The van der Waals surface area contributed by atoms with Crippen molar-refractivity contribution in [2.45, 2.75) is 25.1 Å². The summed E-state index contributed by atoms with van der Waals surface area (Å²) in [6.07, 6.45) is -3.67. The Bertz CT molecular complexity index is 585. The van der Waals surface area contributed by atoms with Gasteiger partial charge in [0.25, 0.3) is 5.91 Å². The van der Waals surface area contributed by atoms with Crippen LogP contribution in [0.2, 0.25) is 5.02 Å². The monoisotopic (exact) mass is 324 g/mol. The van der Waals surface area contributed by atoms with Gasteiger partial charge in [-0.05, 0) is 12.8 Å². The van der Waals surface area contributed by atoms with E-state index in [0.29, 0.717) is 19.4 Å². The van der Waals surface area contributed by atoms with E-state index < -0.39 is 34.5 Å². The van der Waals surface area contributed by atoms with Crippen molar-refractivity contribution in [1.82, 2.24) is 20.4 Å². The summed E-state index contributed by atoms with van der Waals surface area (Å²) in [5.41, 5.74) is -1.76. The van der Waals surface area contributed by atoms with E-state index >= 15 is 0 Å². The van der Waals surface area contributed by atoms with Crippen molar-refractivity contribution in [2.75, 3.05) is 6.54 Å². The van der Waals surface area contributed by atoms with Crippen molar-refractivity contribution >= 4 is 23.4 Å². The van der Waals surface area contributed by atoms with Crippen LogP contribution in [0.4, 0.5) is 13.2 Å². The number of carbonyl (C=O) groups is 2. The zero-order chi connectivity index (χ0) is 15.8. The van der Waals surface area contributed by atoms with Crippen molar-refractivity contribution < 1.29 is 22.8 Å². The molecule has 1 fully saturated rings. The molecule has 2 rings (SSSR count). The zero-order valence-corrected chi connectivity index (χ0v) is 11.7. The number of rotatable bonds is 2. The Labute approximate surface area is 122 Å². The highest BCUT2D eigenvalue weighted by Gasteiger charge is 2.40. The molecule has 0 spiro atoms. The molecule has 2 heterocycles. The normalized spacial score (nSPS) is 19.3. The molecule has 10 heteroatoms. The van der Waals surface area contributed by atoms with Crippen LogP contribution >= 0.6 is 11.6 Å². The third-order valence-electron chi connectivity index (χ3n) is 3.06. The van der Waals surface area contributed by atoms with Crippen LogP contribution in [0.1, 0.15) is 29.0 Å². The van der Waals surface area contributed by atoms with E-state index in [2.05, 4.69) is 15.7 Å². The second kappa shape index (κ2) is 5.55. The Morgan fingerprint density at radius 2 is 2.19 bits per heavy atom. The predicted molar refractivity (Wildman–Crippen MR) is 66.7 cm³/mol. The standard InChI is InChI=1S/C11H12ClF3N4O2/c1-19-7(6(12)8(18-19)11(13,14)15)10(21)17-5-3-2-4-16-9(5)20/h5H,2-4H2,1H3,(H,16,20)(H,17,21). The summed E-state index contributed by atoms with van der Waals surface area (Å²) >= 11 is 5.60. The molecule has 1 atom stereocenters. The molecule has 21 heavy (non-hydrogen) atoms. The highest BCUT2D eigenvalue weighted by molar-refractivity contribution is 6.34. The van der Waals surface area contributed by atoms with Crippen LogP contribution in [0.5, 0.6) is 0 Å². The first-order valence-corrected chi connectivity index (χ1v) is 6.48. The molecule has 1 unspecified atom stereocenters. The number of alkyl halides is 3. The van der Waals surface area contributed by atoms with E-state index in [4.69, 9.17) is 11.6 Å². The van der Waals surface area contributed by atoms with Gasteiger partial charge in [0.2, 0.25) is 5.91 Å². The Balaban J connectivity index is 2.23. The summed E-state index contributed by atoms with van der Waals surface area (Å²) in [6, 6.07) is -0.786. The van der Waals surface area contributed by atoms with E-state index in [1.54, 1.807) is 0 Å². The van der Waals surface area contributed by atoms with Crippen LogP contribution < -0.4 is 10.6 Å². The summed E-state index contributed by atoms with van der Waals surface area (Å²) in [5.74, 6) is -1.24. The first-order chi connectivity index (χ1) is 9.71. The Morgan fingerprint density at radius 1 is 1.52 bits per heavy atom. The lowest BCUT2D eigenvalue weighted by Crippen LogP contribution is -2.50. The lowest BCUT2D eigenvalue weighted by molar-refractivity contribution is -0.141. The maximum atomic E-state index is 12.7. The van der Waals surface area contributed by atoms with Gasteiger partial charge in [-0.1, -0.05) is 11.6 Å². The van der Waals surface area contributed by atoms with Gasteiger partial charge in [-0.15, -0.1) is 0 Å². The molecule has 1 aromatic heterocycles. The second-order valence-corrected chi connectivity index (χ2v) is 4.97. The lowest BCUT2D eigenvalue weighted by atomic mass is 10.1. The number of nitrogens with one attached hydrogen (secondary N) is 2. The molecule has 1 aromatic rings. The van der Waals surface area contributed by atoms with Crippen LogP contribution in [0, 0.1) is 0 Å². The van der Waals surface area contributed by atoms with Gasteiger partial charge in [0.15, 0.2) is 5.69 Å². The summed E-state index contributed by atoms with van der Waals surface area (Å²) < 4.78 is 38.8. The van der Waals surface area contributed by atoms with Gasteiger partial charge in [0, 0.05) is 13.6 Å². The molecule has 1 saturated heterocycles. The number of halogens is 4. The molecule has 1 aliphatic heterocycles. The number of aryl methyl sites for hydroxylation is 1. The molecule has 2 N–H and O–H groups in total. The molecule has 6 nitrogen and oxygen atoms in total. The van der Waals surface area contributed by atoms with E-state index in [1.807, 2.05) is 0 Å². The fraction of sp³-hybridized carbons (Fsp3) is 0.545. The molecular formula is C11H12ClF3N4O2. The molecule has 0 bridgehead atoms. The number of hydrogen-bond acceptors (Lipinski definition) is 3. The van der Waals surface area contributed by atoms with E-state index in [9.17, 15) is 22.8 Å². The molecule has 0 radical (unpaired) electrons. The minimum Gasteiger partial charge on any atom is -0.354 e. The second-order valence-electron chi connectivity index (χ2n) is 4.59. The van der Waals surface area contributed by atoms with Crippen molar-refractivity contribution in [3.63, 3.8) is 0 Å². The van der Waals surface area contributed by atoms with Crippen molar-refractivity contribution in [2.24, 2.45) is 7.05 Å². The first kappa shape index (κ1) is 15.6. The maximum absolute atomic E-state index is 12.7. The highest BCUT2D eigenvalue weighted by atomic mass is 35.5. The number of amides is 2. The van der Waals surface area contributed by atoms with Gasteiger partial charge in [-0.3, -0.25) is 14.3 Å². The molecular weight excluding hydrogens is 313 g/mol. The zero-order valence-electron chi connectivity index (χ0n) is 10.9. The molecule has 1 aliphatic rings. The van der Waals surface area contributed by atoms with E-state index in [1.165, 1.54) is 7.05 Å². The van der Waals surface area contributed by atoms with Crippen LogP contribution in [0.3, 0.4) is 0 Å². The molecule has 0 saturated carbocycles. The maximum Gasteiger partial charge on any atom is 0.436 e. The highest BCUT2D eigenvalue weighted by Crippen LogP contribution is 2.35. The van der Waals surface area contributed by atoms with Crippen LogP contribution in [0.15, 0.2) is 0 Å². The van der Waals surface area contributed by atoms with Crippen molar-refractivity contribution in [3.8, 4) is 0 Å². The lowest BCUT2D eigenvalue weighted by Gasteiger charge is -2.22. The molecule has 0 aromatic carbocycles. The molecule has 2 amide bonds. The fourth-order valence-corrected chi connectivity index (χ4v) is 2.42. The number of carbonyl (C=O) groups excluding carboxylic acids is 2. The average Bonchev–Trinajstić information content (AvgIpc) is 2.67. The fourth-order valence-electron chi connectivity index (χ4n) is 2.06. The topological polar surface area (TPSA) is 76.0 Å². The number of nitrogens with zero attached hydrogens (tertiary/aromatic N) is 2. The number of aromatic nitrogens is 2. The van der Waals surface area contributed by atoms with Gasteiger partial charge in [-0.25, -0.2) is 0 Å².